The van der Waals surface area contributed by atoms with E-state index in [1.54, 1.807) is 0 Å². The minimum absolute atomic E-state index is 1.16. The van der Waals surface area contributed by atoms with Gasteiger partial charge in [-0.3, -0.25) is 0 Å². The highest BCUT2D eigenvalue weighted by Gasteiger charge is 1.91. The van der Waals surface area contributed by atoms with Crippen molar-refractivity contribution in [3.8, 4) is 0 Å². The molecule has 0 bridgehead atoms. The van der Waals surface area contributed by atoms with Crippen LogP contribution in [0.15, 0.2) is 46.2 Å². The molecular formula is C12H16S. The van der Waals surface area contributed by atoms with Crippen LogP contribution in [0.25, 0.3) is 0 Å². The van der Waals surface area contributed by atoms with Crippen LogP contribution >= 0.6 is 11.8 Å². The van der Waals surface area contributed by atoms with E-state index in [0.29, 0.717) is 0 Å². The summed E-state index contributed by atoms with van der Waals surface area (Å²) in [6, 6.07) is 10.5. The predicted octanol–water partition coefficient (Wildman–Crippen LogP) is 4.48. The van der Waals surface area contributed by atoms with Crippen molar-refractivity contribution < 1.29 is 0 Å². The molecule has 0 fully saturated rings. The van der Waals surface area contributed by atoms with Crippen LogP contribution < -0.4 is 0 Å². The first-order valence-corrected chi connectivity index (χ1v) is 5.64. The zero-order valence-corrected chi connectivity index (χ0v) is 9.10. The van der Waals surface area contributed by atoms with Crippen molar-refractivity contribution in [1.82, 2.24) is 0 Å². The van der Waals surface area contributed by atoms with E-state index < -0.39 is 0 Å². The lowest BCUT2D eigenvalue weighted by atomic mass is 10.2. The van der Waals surface area contributed by atoms with E-state index in [1.165, 1.54) is 10.5 Å². The molecule has 1 rings (SSSR count). The standard InChI is InChI=1S/C12H16S/c1-3-11(4-2)10-13-12-8-6-5-7-9-12/h5-10H,3-4H2,1-2H3. The van der Waals surface area contributed by atoms with Gasteiger partial charge in [-0.1, -0.05) is 49.4 Å². The van der Waals surface area contributed by atoms with Crippen LogP contribution in [0.1, 0.15) is 26.7 Å². The van der Waals surface area contributed by atoms with E-state index in [1.807, 2.05) is 17.8 Å². The molecule has 0 saturated carbocycles. The monoisotopic (exact) mass is 192 g/mol. The van der Waals surface area contributed by atoms with E-state index in [0.717, 1.165) is 12.8 Å². The van der Waals surface area contributed by atoms with Crippen molar-refractivity contribution in [2.24, 2.45) is 0 Å². The summed E-state index contributed by atoms with van der Waals surface area (Å²) in [5, 5.41) is 2.27. The molecule has 0 spiro atoms. The number of thioether (sulfide) groups is 1. The fourth-order valence-corrected chi connectivity index (χ4v) is 2.02. The van der Waals surface area contributed by atoms with Gasteiger partial charge in [-0.05, 0) is 30.4 Å². The molecule has 0 atom stereocenters. The van der Waals surface area contributed by atoms with Crippen molar-refractivity contribution in [3.63, 3.8) is 0 Å². The fraction of sp³-hybridized carbons (Fsp3) is 0.333. The molecule has 0 heterocycles. The molecule has 0 nitrogen and oxygen atoms in total. The van der Waals surface area contributed by atoms with Gasteiger partial charge in [0.2, 0.25) is 0 Å². The normalized spacial score (nSPS) is 9.69. The zero-order chi connectivity index (χ0) is 9.52. The lowest BCUT2D eigenvalue weighted by Crippen LogP contribution is -1.75. The maximum absolute atomic E-state index is 2.27. The number of rotatable bonds is 4. The Kier molecular flexibility index (Phi) is 4.69. The van der Waals surface area contributed by atoms with Crippen molar-refractivity contribution in [2.75, 3.05) is 0 Å². The van der Waals surface area contributed by atoms with Crippen LogP contribution in [-0.2, 0) is 0 Å². The number of benzene rings is 1. The summed E-state index contributed by atoms with van der Waals surface area (Å²) in [5.41, 5.74) is 1.52. The molecular weight excluding hydrogens is 176 g/mol. The SMILES string of the molecule is CCC(=CSc1ccccc1)CC. The molecule has 0 aliphatic carbocycles. The summed E-state index contributed by atoms with van der Waals surface area (Å²) in [6.07, 6.45) is 2.33. The van der Waals surface area contributed by atoms with Gasteiger partial charge in [0.25, 0.3) is 0 Å². The van der Waals surface area contributed by atoms with Gasteiger partial charge in [0.15, 0.2) is 0 Å². The highest BCUT2D eigenvalue weighted by molar-refractivity contribution is 8.02. The minimum Gasteiger partial charge on any atom is -0.0981 e. The first kappa shape index (κ1) is 10.4. The average molecular weight is 192 g/mol. The Morgan fingerprint density at radius 1 is 1.15 bits per heavy atom. The van der Waals surface area contributed by atoms with Crippen LogP contribution in [-0.4, -0.2) is 0 Å². The van der Waals surface area contributed by atoms with E-state index in [2.05, 4.69) is 43.5 Å². The van der Waals surface area contributed by atoms with Crippen LogP contribution in [0.4, 0.5) is 0 Å². The Morgan fingerprint density at radius 3 is 2.31 bits per heavy atom. The molecule has 1 aromatic rings. The first-order chi connectivity index (χ1) is 6.36. The molecule has 0 aliphatic rings. The van der Waals surface area contributed by atoms with Gasteiger partial charge in [-0.2, -0.15) is 0 Å². The molecule has 0 N–H and O–H groups in total. The van der Waals surface area contributed by atoms with Gasteiger partial charge in [0, 0.05) is 4.90 Å². The molecule has 0 saturated heterocycles. The predicted molar refractivity (Wildman–Crippen MR) is 61.0 cm³/mol. The van der Waals surface area contributed by atoms with Crippen molar-refractivity contribution >= 4 is 11.8 Å². The maximum Gasteiger partial charge on any atom is 0.0116 e. The smallest absolute Gasteiger partial charge is 0.0116 e. The number of allylic oxidation sites excluding steroid dienone is 1. The summed E-state index contributed by atoms with van der Waals surface area (Å²) in [6.45, 7) is 4.42. The van der Waals surface area contributed by atoms with Crippen LogP contribution in [0.2, 0.25) is 0 Å². The summed E-state index contributed by atoms with van der Waals surface area (Å²) < 4.78 is 0. The number of hydrogen-bond donors (Lipinski definition) is 0. The fourth-order valence-electron chi connectivity index (χ4n) is 1.07. The zero-order valence-electron chi connectivity index (χ0n) is 8.29. The lowest BCUT2D eigenvalue weighted by molar-refractivity contribution is 0.983. The summed E-state index contributed by atoms with van der Waals surface area (Å²) in [7, 11) is 0. The third kappa shape index (κ3) is 3.69. The Bertz CT molecular complexity index is 256. The molecule has 0 amide bonds. The van der Waals surface area contributed by atoms with Gasteiger partial charge >= 0.3 is 0 Å². The summed E-state index contributed by atoms with van der Waals surface area (Å²) in [5.74, 6) is 0. The van der Waals surface area contributed by atoms with Gasteiger partial charge < -0.3 is 0 Å². The third-order valence-electron chi connectivity index (χ3n) is 2.01. The quantitative estimate of drug-likeness (QED) is 0.634. The van der Waals surface area contributed by atoms with E-state index in [-0.39, 0.29) is 0 Å². The Hall–Kier alpha value is -0.690. The molecule has 0 unspecified atom stereocenters. The van der Waals surface area contributed by atoms with Crippen molar-refractivity contribution in [2.45, 2.75) is 31.6 Å². The second-order valence-corrected chi connectivity index (χ2v) is 3.86. The number of hydrogen-bond acceptors (Lipinski definition) is 1. The molecule has 70 valence electrons. The molecule has 0 radical (unpaired) electrons. The van der Waals surface area contributed by atoms with Gasteiger partial charge in [-0.15, -0.1) is 0 Å². The second kappa shape index (κ2) is 5.87. The van der Waals surface area contributed by atoms with Gasteiger partial charge in [0.1, 0.15) is 0 Å². The Balaban J connectivity index is 2.55. The summed E-state index contributed by atoms with van der Waals surface area (Å²) in [4.78, 5) is 1.32. The van der Waals surface area contributed by atoms with Crippen LogP contribution in [0.3, 0.4) is 0 Å². The maximum atomic E-state index is 2.27. The highest BCUT2D eigenvalue weighted by Crippen LogP contribution is 2.21. The first-order valence-electron chi connectivity index (χ1n) is 4.76. The minimum atomic E-state index is 1.16. The highest BCUT2D eigenvalue weighted by atomic mass is 32.2. The van der Waals surface area contributed by atoms with Crippen molar-refractivity contribution in [1.29, 1.82) is 0 Å². The molecule has 0 aliphatic heterocycles. The molecule has 1 aromatic carbocycles. The van der Waals surface area contributed by atoms with Crippen LogP contribution in [0.5, 0.6) is 0 Å². The third-order valence-corrected chi connectivity index (χ3v) is 3.01. The summed E-state index contributed by atoms with van der Waals surface area (Å²) >= 11 is 1.82. The Labute approximate surface area is 85.1 Å². The van der Waals surface area contributed by atoms with E-state index >= 15 is 0 Å². The largest absolute Gasteiger partial charge is 0.0981 e. The second-order valence-electron chi connectivity index (χ2n) is 2.91. The van der Waals surface area contributed by atoms with Gasteiger partial charge in [0.05, 0.1) is 0 Å². The molecule has 13 heavy (non-hydrogen) atoms. The van der Waals surface area contributed by atoms with Crippen molar-refractivity contribution in [3.05, 3.63) is 41.3 Å². The molecule has 1 heteroatoms. The Morgan fingerprint density at radius 2 is 1.77 bits per heavy atom. The topological polar surface area (TPSA) is 0 Å². The van der Waals surface area contributed by atoms with E-state index in [4.69, 9.17) is 0 Å². The average Bonchev–Trinajstić information content (AvgIpc) is 2.21. The van der Waals surface area contributed by atoms with E-state index in [9.17, 15) is 0 Å². The molecule has 0 aromatic heterocycles. The lowest BCUT2D eigenvalue weighted by Gasteiger charge is -1.99. The van der Waals surface area contributed by atoms with Gasteiger partial charge in [-0.25, -0.2) is 0 Å². The van der Waals surface area contributed by atoms with Crippen LogP contribution in [0, 0.1) is 0 Å².